The zero-order valence-electron chi connectivity index (χ0n) is 17.9. The second-order valence-electron chi connectivity index (χ2n) is 7.38. The molecule has 31 heavy (non-hydrogen) atoms. The van der Waals surface area contributed by atoms with Crippen LogP contribution in [0.15, 0.2) is 54.6 Å². The molecule has 8 heteroatoms. The number of nitrogens with one attached hydrogen (secondary N) is 2. The number of urea groups is 1. The summed E-state index contributed by atoms with van der Waals surface area (Å²) in [5.74, 6) is -0.802. The van der Waals surface area contributed by atoms with Crippen LogP contribution in [0, 0.1) is 19.7 Å². The van der Waals surface area contributed by atoms with Gasteiger partial charge in [0.15, 0.2) is 5.82 Å². The summed E-state index contributed by atoms with van der Waals surface area (Å²) in [5, 5.41) is 9.64. The number of hydrogen-bond donors (Lipinski definition) is 2. The lowest BCUT2D eigenvalue weighted by atomic mass is 10.2. The molecule has 2 aromatic carbocycles. The summed E-state index contributed by atoms with van der Waals surface area (Å²) in [6.45, 7) is 4.34. The molecule has 0 atom stereocenters. The van der Waals surface area contributed by atoms with Crippen molar-refractivity contribution in [1.29, 1.82) is 0 Å². The molecule has 0 bridgehead atoms. The van der Waals surface area contributed by atoms with Crippen LogP contribution < -0.4 is 10.6 Å². The van der Waals surface area contributed by atoms with Crippen molar-refractivity contribution in [2.45, 2.75) is 26.8 Å². The molecule has 0 saturated heterocycles. The van der Waals surface area contributed by atoms with Crippen LogP contribution in [0.5, 0.6) is 0 Å². The van der Waals surface area contributed by atoms with Crippen LogP contribution in [0.4, 0.5) is 14.9 Å². The molecule has 0 aliphatic carbocycles. The Kier molecular flexibility index (Phi) is 7.02. The zero-order valence-corrected chi connectivity index (χ0v) is 17.9. The molecular formula is C23H26FN5O2. The first kappa shape index (κ1) is 22.0. The number of amides is 3. The lowest BCUT2D eigenvalue weighted by molar-refractivity contribution is -0.116. The molecule has 7 nitrogen and oxygen atoms in total. The molecule has 2 N–H and O–H groups in total. The number of aromatic nitrogens is 2. The second kappa shape index (κ2) is 9.88. The van der Waals surface area contributed by atoms with Crippen LogP contribution in [0.1, 0.15) is 23.4 Å². The number of aryl methyl sites for hydroxylation is 2. The van der Waals surface area contributed by atoms with Crippen LogP contribution in [-0.4, -0.2) is 40.2 Å². The van der Waals surface area contributed by atoms with Gasteiger partial charge in [0.1, 0.15) is 5.69 Å². The number of nitrogens with zero attached hydrogens (tertiary/aromatic N) is 3. The van der Waals surface area contributed by atoms with Gasteiger partial charge in [-0.15, -0.1) is 0 Å². The lowest BCUT2D eigenvalue weighted by Gasteiger charge is -2.18. The van der Waals surface area contributed by atoms with E-state index >= 15 is 0 Å². The molecule has 0 saturated carbocycles. The number of carbonyl (C=O) groups is 2. The van der Waals surface area contributed by atoms with Gasteiger partial charge in [-0.05, 0) is 43.7 Å². The van der Waals surface area contributed by atoms with Gasteiger partial charge in [0.2, 0.25) is 5.91 Å². The molecule has 1 aromatic heterocycles. The molecule has 3 aromatic rings. The van der Waals surface area contributed by atoms with Gasteiger partial charge < -0.3 is 15.5 Å². The van der Waals surface area contributed by atoms with Gasteiger partial charge in [0, 0.05) is 37.9 Å². The molecule has 162 valence electrons. The maximum absolute atomic E-state index is 14.5. The highest BCUT2D eigenvalue weighted by atomic mass is 19.1. The van der Waals surface area contributed by atoms with E-state index in [2.05, 4.69) is 15.7 Å². The van der Waals surface area contributed by atoms with Gasteiger partial charge in [-0.1, -0.05) is 30.3 Å². The maximum atomic E-state index is 14.5. The first-order chi connectivity index (χ1) is 14.8. The Morgan fingerprint density at radius 1 is 1.10 bits per heavy atom. The van der Waals surface area contributed by atoms with Gasteiger partial charge >= 0.3 is 6.03 Å². The fourth-order valence-corrected chi connectivity index (χ4v) is 3.20. The second-order valence-corrected chi connectivity index (χ2v) is 7.38. The van der Waals surface area contributed by atoms with Crippen LogP contribution in [0.25, 0.3) is 5.69 Å². The van der Waals surface area contributed by atoms with Crippen LogP contribution >= 0.6 is 0 Å². The van der Waals surface area contributed by atoms with E-state index in [1.807, 2.05) is 50.2 Å². The Balaban J connectivity index is 1.48. The predicted molar refractivity (Wildman–Crippen MR) is 118 cm³/mol. The summed E-state index contributed by atoms with van der Waals surface area (Å²) in [5.41, 5.74) is 3.30. The first-order valence-electron chi connectivity index (χ1n) is 9.99. The van der Waals surface area contributed by atoms with E-state index in [4.69, 9.17) is 0 Å². The highest BCUT2D eigenvalue weighted by molar-refractivity contribution is 5.91. The van der Waals surface area contributed by atoms with Crippen molar-refractivity contribution in [3.8, 4) is 5.69 Å². The average molecular weight is 423 g/mol. The molecule has 1 heterocycles. The fourth-order valence-electron chi connectivity index (χ4n) is 3.20. The van der Waals surface area contributed by atoms with Crippen LogP contribution in [0.3, 0.4) is 0 Å². The van der Waals surface area contributed by atoms with Gasteiger partial charge in [-0.25, -0.2) is 13.9 Å². The van der Waals surface area contributed by atoms with Crippen molar-refractivity contribution in [3.63, 3.8) is 0 Å². The third-order valence-corrected chi connectivity index (χ3v) is 4.71. The monoisotopic (exact) mass is 423 g/mol. The van der Waals surface area contributed by atoms with E-state index in [1.165, 1.54) is 10.7 Å². The Labute approximate surface area is 180 Å². The Morgan fingerprint density at radius 3 is 2.48 bits per heavy atom. The summed E-state index contributed by atoms with van der Waals surface area (Å²) in [4.78, 5) is 25.9. The molecule has 0 radical (unpaired) electrons. The zero-order chi connectivity index (χ0) is 22.4. The van der Waals surface area contributed by atoms with Crippen LogP contribution in [0.2, 0.25) is 0 Å². The highest BCUT2D eigenvalue weighted by Gasteiger charge is 2.12. The van der Waals surface area contributed by atoms with Gasteiger partial charge in [0.25, 0.3) is 0 Å². The molecule has 0 spiro atoms. The van der Waals surface area contributed by atoms with E-state index in [1.54, 1.807) is 24.1 Å². The standard InChI is InChI=1S/C23H26FN5O2/c1-16-13-17(2)29(27-16)21-10-9-19(14-20(21)24)26-22(30)11-12-25-23(31)28(3)15-18-7-5-4-6-8-18/h4-10,13-14H,11-12,15H2,1-3H3,(H,25,31)(H,26,30). The minimum atomic E-state index is -0.486. The number of rotatable bonds is 7. The Morgan fingerprint density at radius 2 is 1.84 bits per heavy atom. The number of carbonyl (C=O) groups excluding carboxylic acids is 2. The number of halogens is 1. The van der Waals surface area contributed by atoms with E-state index < -0.39 is 5.82 Å². The number of anilines is 1. The minimum Gasteiger partial charge on any atom is -0.337 e. The van der Waals surface area contributed by atoms with Crippen molar-refractivity contribution >= 4 is 17.6 Å². The van der Waals surface area contributed by atoms with Gasteiger partial charge in [0.05, 0.1) is 5.69 Å². The SMILES string of the molecule is Cc1cc(C)n(-c2ccc(NC(=O)CCNC(=O)N(C)Cc3ccccc3)cc2F)n1. The molecule has 0 aliphatic heterocycles. The normalized spacial score (nSPS) is 10.6. The molecule has 3 rings (SSSR count). The van der Waals surface area contributed by atoms with Gasteiger partial charge in [-0.3, -0.25) is 4.79 Å². The number of benzene rings is 2. The molecule has 0 aliphatic rings. The van der Waals surface area contributed by atoms with Crippen LogP contribution in [-0.2, 0) is 11.3 Å². The first-order valence-corrected chi connectivity index (χ1v) is 9.99. The average Bonchev–Trinajstić information content (AvgIpc) is 3.06. The minimum absolute atomic E-state index is 0.0751. The lowest BCUT2D eigenvalue weighted by Crippen LogP contribution is -2.38. The predicted octanol–water partition coefficient (Wildman–Crippen LogP) is 3.80. The highest BCUT2D eigenvalue weighted by Crippen LogP contribution is 2.20. The number of hydrogen-bond acceptors (Lipinski definition) is 3. The Bertz CT molecular complexity index is 1070. The summed E-state index contributed by atoms with van der Waals surface area (Å²) in [6.07, 6.45) is 0.0751. The van der Waals surface area contributed by atoms with E-state index in [9.17, 15) is 14.0 Å². The summed E-state index contributed by atoms with van der Waals surface area (Å²) < 4.78 is 16.1. The summed E-state index contributed by atoms with van der Waals surface area (Å²) in [6, 6.07) is 15.7. The van der Waals surface area contributed by atoms with Crippen molar-refractivity contribution in [1.82, 2.24) is 20.0 Å². The fraction of sp³-hybridized carbons (Fsp3) is 0.261. The summed E-state index contributed by atoms with van der Waals surface area (Å²) >= 11 is 0. The summed E-state index contributed by atoms with van der Waals surface area (Å²) in [7, 11) is 1.69. The van der Waals surface area contributed by atoms with E-state index in [0.29, 0.717) is 17.9 Å². The van der Waals surface area contributed by atoms with Crippen molar-refractivity contribution in [2.24, 2.45) is 0 Å². The van der Waals surface area contributed by atoms with Gasteiger partial charge in [-0.2, -0.15) is 5.10 Å². The van der Waals surface area contributed by atoms with E-state index in [-0.39, 0.29) is 24.9 Å². The third-order valence-electron chi connectivity index (χ3n) is 4.71. The molecule has 3 amide bonds. The quantitative estimate of drug-likeness (QED) is 0.607. The van der Waals surface area contributed by atoms with E-state index in [0.717, 1.165) is 17.0 Å². The van der Waals surface area contributed by atoms with Crippen molar-refractivity contribution in [2.75, 3.05) is 18.9 Å². The molecule has 0 unspecified atom stereocenters. The van der Waals surface area contributed by atoms with Crippen molar-refractivity contribution in [3.05, 3.63) is 77.4 Å². The maximum Gasteiger partial charge on any atom is 0.317 e. The molecular weight excluding hydrogens is 397 g/mol. The topological polar surface area (TPSA) is 79.3 Å². The smallest absolute Gasteiger partial charge is 0.317 e. The Hall–Kier alpha value is -3.68. The third kappa shape index (κ3) is 5.91. The molecule has 0 fully saturated rings. The van der Waals surface area contributed by atoms with Crippen molar-refractivity contribution < 1.29 is 14.0 Å². The largest absolute Gasteiger partial charge is 0.337 e.